The van der Waals surface area contributed by atoms with Gasteiger partial charge in [0.2, 0.25) is 5.91 Å². The molecule has 0 aromatic carbocycles. The molecule has 1 aromatic heterocycles. The Hall–Kier alpha value is -1.69. The molecule has 0 saturated heterocycles. The molecule has 5 nitrogen and oxygen atoms in total. The second-order valence-electron chi connectivity index (χ2n) is 3.56. The van der Waals surface area contributed by atoms with Crippen molar-refractivity contribution in [2.24, 2.45) is 0 Å². The van der Waals surface area contributed by atoms with Crippen LogP contribution < -0.4 is 5.32 Å². The Labute approximate surface area is 100 Å². The summed E-state index contributed by atoms with van der Waals surface area (Å²) in [6.45, 7) is 5.11. The highest BCUT2D eigenvalue weighted by molar-refractivity contribution is 7.92. The molecule has 0 aliphatic rings. The van der Waals surface area contributed by atoms with Crippen molar-refractivity contribution in [1.82, 2.24) is 4.98 Å². The number of carbonyl (C=O) groups is 1. The quantitative estimate of drug-likeness (QED) is 0.793. The molecule has 0 spiro atoms. The predicted molar refractivity (Wildman–Crippen MR) is 66.5 cm³/mol. The Bertz CT molecular complexity index is 523. The lowest BCUT2D eigenvalue weighted by Gasteiger charge is -2.06. The van der Waals surface area contributed by atoms with Crippen molar-refractivity contribution in [3.63, 3.8) is 0 Å². The van der Waals surface area contributed by atoms with Gasteiger partial charge in [-0.15, -0.1) is 6.58 Å². The van der Waals surface area contributed by atoms with E-state index in [0.29, 0.717) is 5.82 Å². The Morgan fingerprint density at radius 1 is 1.59 bits per heavy atom. The van der Waals surface area contributed by atoms with Crippen LogP contribution in [0.4, 0.5) is 5.82 Å². The summed E-state index contributed by atoms with van der Waals surface area (Å²) in [5.41, 5.74) is 0.780. The molecule has 0 bridgehead atoms. The van der Waals surface area contributed by atoms with Crippen molar-refractivity contribution in [1.29, 1.82) is 0 Å². The Morgan fingerprint density at radius 3 is 2.88 bits per heavy atom. The van der Waals surface area contributed by atoms with Gasteiger partial charge in [-0.05, 0) is 18.6 Å². The summed E-state index contributed by atoms with van der Waals surface area (Å²) in [5.74, 6) is -0.976. The molecule has 0 fully saturated rings. The number of hydrogen-bond acceptors (Lipinski definition) is 4. The second kappa shape index (κ2) is 5.58. The summed E-state index contributed by atoms with van der Waals surface area (Å²) in [6.07, 6.45) is 2.79. The summed E-state index contributed by atoms with van der Waals surface area (Å²) in [6, 6.07) is 3.51. The number of aryl methyl sites for hydroxylation is 1. The van der Waals surface area contributed by atoms with E-state index in [9.17, 15) is 13.2 Å². The van der Waals surface area contributed by atoms with Gasteiger partial charge in [-0.1, -0.05) is 12.1 Å². The highest BCUT2D eigenvalue weighted by atomic mass is 32.2. The third-order valence-electron chi connectivity index (χ3n) is 1.99. The first-order valence-corrected chi connectivity index (χ1v) is 6.79. The molecule has 1 amide bonds. The normalized spacial score (nSPS) is 10.9. The van der Waals surface area contributed by atoms with E-state index in [1.165, 1.54) is 12.3 Å². The molecule has 17 heavy (non-hydrogen) atoms. The zero-order valence-corrected chi connectivity index (χ0v) is 10.3. The molecule has 0 aliphatic heterocycles. The summed E-state index contributed by atoms with van der Waals surface area (Å²) in [7, 11) is -3.42. The van der Waals surface area contributed by atoms with Gasteiger partial charge in [0.1, 0.15) is 11.6 Å². The molecule has 1 N–H and O–H groups in total. The molecule has 1 rings (SSSR count). The van der Waals surface area contributed by atoms with Crippen molar-refractivity contribution in [3.05, 3.63) is 36.5 Å². The number of nitrogens with zero attached hydrogens (tertiary/aromatic N) is 1. The summed E-state index contributed by atoms with van der Waals surface area (Å²) < 4.78 is 22.7. The lowest BCUT2D eigenvalue weighted by atomic mass is 10.3. The summed E-state index contributed by atoms with van der Waals surface area (Å²) in [4.78, 5) is 15.4. The lowest BCUT2D eigenvalue weighted by Crippen LogP contribution is -2.24. The van der Waals surface area contributed by atoms with E-state index in [4.69, 9.17) is 0 Å². The number of amides is 1. The van der Waals surface area contributed by atoms with Crippen LogP contribution in [-0.2, 0) is 14.6 Å². The summed E-state index contributed by atoms with van der Waals surface area (Å²) in [5, 5.41) is 2.46. The SMILES string of the molecule is C=CCS(=O)(=O)CC(=O)Nc1ncccc1C. The van der Waals surface area contributed by atoms with E-state index in [1.807, 2.05) is 0 Å². The van der Waals surface area contributed by atoms with Crippen LogP contribution in [0.25, 0.3) is 0 Å². The monoisotopic (exact) mass is 254 g/mol. The number of sulfone groups is 1. The largest absolute Gasteiger partial charge is 0.310 e. The zero-order valence-electron chi connectivity index (χ0n) is 9.51. The van der Waals surface area contributed by atoms with Gasteiger partial charge in [0.15, 0.2) is 9.84 Å². The predicted octanol–water partition coefficient (Wildman–Crippen LogP) is 0.929. The Morgan fingerprint density at radius 2 is 2.29 bits per heavy atom. The minimum Gasteiger partial charge on any atom is -0.310 e. The van der Waals surface area contributed by atoms with Gasteiger partial charge in [-0.3, -0.25) is 4.79 Å². The molecule has 6 heteroatoms. The molecule has 1 heterocycles. The van der Waals surface area contributed by atoms with Gasteiger partial charge < -0.3 is 5.32 Å². The zero-order chi connectivity index (χ0) is 12.9. The van der Waals surface area contributed by atoms with Crippen LogP contribution in [0, 0.1) is 6.92 Å². The third-order valence-corrected chi connectivity index (χ3v) is 3.44. The number of carbonyl (C=O) groups excluding carboxylic acids is 1. The van der Waals surface area contributed by atoms with Crippen LogP contribution in [0.1, 0.15) is 5.56 Å². The van der Waals surface area contributed by atoms with Crippen LogP contribution in [0.5, 0.6) is 0 Å². The number of hydrogen-bond donors (Lipinski definition) is 1. The number of pyridine rings is 1. The molecule has 0 atom stereocenters. The van der Waals surface area contributed by atoms with Gasteiger partial charge >= 0.3 is 0 Å². The number of anilines is 1. The molecular weight excluding hydrogens is 240 g/mol. The van der Waals surface area contributed by atoms with Crippen LogP contribution in [0.2, 0.25) is 0 Å². The van der Waals surface area contributed by atoms with Crippen molar-refractivity contribution in [3.8, 4) is 0 Å². The first kappa shape index (κ1) is 13.4. The molecule has 0 radical (unpaired) electrons. The number of nitrogens with one attached hydrogen (secondary N) is 1. The fourth-order valence-corrected chi connectivity index (χ4v) is 2.17. The van der Waals surface area contributed by atoms with E-state index >= 15 is 0 Å². The van der Waals surface area contributed by atoms with E-state index in [0.717, 1.165) is 5.56 Å². The van der Waals surface area contributed by atoms with Crippen molar-refractivity contribution in [2.45, 2.75) is 6.92 Å². The van der Waals surface area contributed by atoms with Crippen molar-refractivity contribution >= 4 is 21.6 Å². The number of rotatable bonds is 5. The van der Waals surface area contributed by atoms with Crippen LogP contribution in [0.15, 0.2) is 31.0 Å². The smallest absolute Gasteiger partial charge is 0.240 e. The van der Waals surface area contributed by atoms with Gasteiger partial charge in [-0.25, -0.2) is 13.4 Å². The maximum absolute atomic E-state index is 11.5. The first-order valence-electron chi connectivity index (χ1n) is 4.97. The highest BCUT2D eigenvalue weighted by Gasteiger charge is 2.15. The third kappa shape index (κ3) is 4.36. The molecule has 0 saturated carbocycles. The Balaban J connectivity index is 2.69. The minimum absolute atomic E-state index is 0.207. The average Bonchev–Trinajstić information content (AvgIpc) is 2.20. The van der Waals surface area contributed by atoms with E-state index < -0.39 is 21.5 Å². The van der Waals surface area contributed by atoms with Crippen LogP contribution in [0.3, 0.4) is 0 Å². The standard InChI is InChI=1S/C11H14N2O3S/c1-3-7-17(15,16)8-10(14)13-11-9(2)5-4-6-12-11/h3-6H,1,7-8H2,2H3,(H,12,13,14). The molecule has 0 unspecified atom stereocenters. The van der Waals surface area contributed by atoms with Crippen molar-refractivity contribution in [2.75, 3.05) is 16.8 Å². The fourth-order valence-electron chi connectivity index (χ4n) is 1.22. The maximum Gasteiger partial charge on any atom is 0.240 e. The average molecular weight is 254 g/mol. The van der Waals surface area contributed by atoms with Gasteiger partial charge in [0, 0.05) is 6.20 Å². The fraction of sp³-hybridized carbons (Fsp3) is 0.273. The molecule has 0 aliphatic carbocycles. The van der Waals surface area contributed by atoms with Gasteiger partial charge in [-0.2, -0.15) is 0 Å². The van der Waals surface area contributed by atoms with Crippen LogP contribution in [-0.4, -0.2) is 30.8 Å². The van der Waals surface area contributed by atoms with E-state index in [-0.39, 0.29) is 5.75 Å². The first-order chi connectivity index (χ1) is 7.94. The number of aromatic nitrogens is 1. The topological polar surface area (TPSA) is 76.1 Å². The molecular formula is C11H14N2O3S. The molecule has 92 valence electrons. The van der Waals surface area contributed by atoms with E-state index in [1.54, 1.807) is 19.1 Å². The second-order valence-corrected chi connectivity index (χ2v) is 5.67. The van der Waals surface area contributed by atoms with Gasteiger partial charge in [0.25, 0.3) is 0 Å². The molecule has 1 aromatic rings. The minimum atomic E-state index is -3.42. The van der Waals surface area contributed by atoms with E-state index in [2.05, 4.69) is 16.9 Å². The summed E-state index contributed by atoms with van der Waals surface area (Å²) >= 11 is 0. The highest BCUT2D eigenvalue weighted by Crippen LogP contribution is 2.09. The van der Waals surface area contributed by atoms with Crippen LogP contribution >= 0.6 is 0 Å². The van der Waals surface area contributed by atoms with Crippen molar-refractivity contribution < 1.29 is 13.2 Å². The Kier molecular flexibility index (Phi) is 4.39. The lowest BCUT2D eigenvalue weighted by molar-refractivity contribution is -0.113. The van der Waals surface area contributed by atoms with Gasteiger partial charge in [0.05, 0.1) is 5.75 Å². The maximum atomic E-state index is 11.5.